The van der Waals surface area contributed by atoms with E-state index in [0.29, 0.717) is 13.1 Å². The number of hydrogen-bond acceptors (Lipinski definition) is 2. The maximum Gasteiger partial charge on any atom is 0.233 e. The maximum absolute atomic E-state index is 11.4. The number of carbonyl (C=O) groups is 1. The lowest BCUT2D eigenvalue weighted by atomic mass is 9.96. The molecule has 1 fully saturated rings. The summed E-state index contributed by atoms with van der Waals surface area (Å²) in [7, 11) is 1.76. The van der Waals surface area contributed by atoms with Crippen molar-refractivity contribution in [3.8, 4) is 0 Å². The van der Waals surface area contributed by atoms with Crippen LogP contribution < -0.4 is 10.6 Å². The summed E-state index contributed by atoms with van der Waals surface area (Å²) in [6.45, 7) is 1.04. The standard InChI is InChI=1S/C13H17ClN2O.ClH/c1-15-8-12(17)16-9-13(6-7-13)10-4-2-3-5-11(10)14;/h2-5,15H,6-9H2,1H3,(H,16,17);1H. The van der Waals surface area contributed by atoms with Gasteiger partial charge in [-0.3, -0.25) is 4.79 Å². The van der Waals surface area contributed by atoms with Gasteiger partial charge < -0.3 is 10.6 Å². The molecule has 0 aliphatic heterocycles. The van der Waals surface area contributed by atoms with Gasteiger partial charge in [0.15, 0.2) is 0 Å². The lowest BCUT2D eigenvalue weighted by Gasteiger charge is -2.17. The van der Waals surface area contributed by atoms with Crippen molar-refractivity contribution in [2.45, 2.75) is 18.3 Å². The van der Waals surface area contributed by atoms with Crippen LogP contribution in [0.1, 0.15) is 18.4 Å². The van der Waals surface area contributed by atoms with Gasteiger partial charge in [-0.1, -0.05) is 29.8 Å². The summed E-state index contributed by atoms with van der Waals surface area (Å²) in [6, 6.07) is 7.89. The van der Waals surface area contributed by atoms with E-state index in [1.807, 2.05) is 18.2 Å². The SMILES string of the molecule is CNCC(=O)NCC1(c2ccccc2Cl)CC1.Cl. The fourth-order valence-electron chi connectivity index (χ4n) is 2.07. The molecule has 0 radical (unpaired) electrons. The Labute approximate surface area is 119 Å². The largest absolute Gasteiger partial charge is 0.354 e. The number of amides is 1. The maximum atomic E-state index is 11.4. The highest BCUT2D eigenvalue weighted by molar-refractivity contribution is 6.31. The van der Waals surface area contributed by atoms with Gasteiger partial charge in [-0.2, -0.15) is 0 Å². The minimum Gasteiger partial charge on any atom is -0.354 e. The molecule has 0 unspecified atom stereocenters. The van der Waals surface area contributed by atoms with Crippen LogP contribution in [0.4, 0.5) is 0 Å². The van der Waals surface area contributed by atoms with Crippen molar-refractivity contribution in [3.05, 3.63) is 34.9 Å². The predicted molar refractivity (Wildman–Crippen MR) is 76.5 cm³/mol. The predicted octanol–water partition coefficient (Wildman–Crippen LogP) is 2.13. The molecule has 18 heavy (non-hydrogen) atoms. The van der Waals surface area contributed by atoms with Gasteiger partial charge in [-0.25, -0.2) is 0 Å². The zero-order chi connectivity index (χ0) is 12.3. The molecule has 2 N–H and O–H groups in total. The minimum absolute atomic E-state index is 0. The lowest BCUT2D eigenvalue weighted by Crippen LogP contribution is -2.37. The monoisotopic (exact) mass is 288 g/mol. The first kappa shape index (κ1) is 15.3. The van der Waals surface area contributed by atoms with Crippen LogP contribution in [0, 0.1) is 0 Å². The number of likely N-dealkylation sites (N-methyl/N-ethyl adjacent to an activating group) is 1. The van der Waals surface area contributed by atoms with E-state index in [4.69, 9.17) is 11.6 Å². The highest BCUT2D eigenvalue weighted by atomic mass is 35.5. The Hall–Kier alpha value is -0.770. The molecule has 1 saturated carbocycles. The van der Waals surface area contributed by atoms with Gasteiger partial charge >= 0.3 is 0 Å². The number of benzene rings is 1. The van der Waals surface area contributed by atoms with Crippen LogP contribution >= 0.6 is 24.0 Å². The van der Waals surface area contributed by atoms with Crippen molar-refractivity contribution in [3.63, 3.8) is 0 Å². The van der Waals surface area contributed by atoms with Crippen molar-refractivity contribution in [1.82, 2.24) is 10.6 Å². The first-order valence-electron chi connectivity index (χ1n) is 5.84. The Morgan fingerprint density at radius 2 is 2.06 bits per heavy atom. The van der Waals surface area contributed by atoms with Crippen LogP contribution in [0.15, 0.2) is 24.3 Å². The molecule has 0 atom stereocenters. The number of hydrogen-bond donors (Lipinski definition) is 2. The van der Waals surface area contributed by atoms with Crippen molar-refractivity contribution in [2.75, 3.05) is 20.1 Å². The molecule has 5 heteroatoms. The summed E-state index contributed by atoms with van der Waals surface area (Å²) < 4.78 is 0. The number of rotatable bonds is 5. The summed E-state index contributed by atoms with van der Waals surface area (Å²) in [6.07, 6.45) is 2.19. The average Bonchev–Trinajstić information content (AvgIpc) is 3.09. The third-order valence-electron chi connectivity index (χ3n) is 3.26. The van der Waals surface area contributed by atoms with Crippen molar-refractivity contribution in [1.29, 1.82) is 0 Å². The number of nitrogens with one attached hydrogen (secondary N) is 2. The van der Waals surface area contributed by atoms with E-state index in [1.54, 1.807) is 7.05 Å². The minimum atomic E-state index is 0. The molecule has 1 aliphatic rings. The molecular formula is C13H18Cl2N2O. The van der Waals surface area contributed by atoms with Gasteiger partial charge in [0.05, 0.1) is 6.54 Å². The average molecular weight is 289 g/mol. The van der Waals surface area contributed by atoms with E-state index in [9.17, 15) is 4.79 Å². The molecule has 100 valence electrons. The number of carbonyl (C=O) groups excluding carboxylic acids is 1. The molecule has 2 rings (SSSR count). The topological polar surface area (TPSA) is 41.1 Å². The van der Waals surface area contributed by atoms with Crippen LogP contribution in [0.3, 0.4) is 0 Å². The Morgan fingerprint density at radius 1 is 1.39 bits per heavy atom. The smallest absolute Gasteiger partial charge is 0.233 e. The fourth-order valence-corrected chi connectivity index (χ4v) is 2.41. The molecule has 0 spiro atoms. The Balaban J connectivity index is 0.00000162. The second-order valence-electron chi connectivity index (χ2n) is 4.57. The van der Waals surface area contributed by atoms with Crippen LogP contribution in [-0.4, -0.2) is 26.0 Å². The van der Waals surface area contributed by atoms with Gasteiger partial charge in [0.25, 0.3) is 0 Å². The Bertz CT molecular complexity index is 419. The molecule has 0 aromatic heterocycles. The third kappa shape index (κ3) is 3.37. The first-order chi connectivity index (χ1) is 8.18. The summed E-state index contributed by atoms with van der Waals surface area (Å²) >= 11 is 6.20. The van der Waals surface area contributed by atoms with Gasteiger partial charge in [0.1, 0.15) is 0 Å². The summed E-state index contributed by atoms with van der Waals surface area (Å²) in [4.78, 5) is 11.4. The third-order valence-corrected chi connectivity index (χ3v) is 3.59. The first-order valence-corrected chi connectivity index (χ1v) is 6.22. The molecule has 0 saturated heterocycles. The van der Waals surface area contributed by atoms with E-state index >= 15 is 0 Å². The molecule has 1 aromatic carbocycles. The van der Waals surface area contributed by atoms with Crippen molar-refractivity contribution in [2.24, 2.45) is 0 Å². The van der Waals surface area contributed by atoms with E-state index < -0.39 is 0 Å². The van der Waals surface area contributed by atoms with Crippen LogP contribution in [0.2, 0.25) is 5.02 Å². The number of halogens is 2. The normalized spacial score (nSPS) is 15.7. The highest BCUT2D eigenvalue weighted by Crippen LogP contribution is 2.49. The van der Waals surface area contributed by atoms with Crippen molar-refractivity contribution >= 4 is 29.9 Å². The highest BCUT2D eigenvalue weighted by Gasteiger charge is 2.45. The van der Waals surface area contributed by atoms with Crippen LogP contribution in [0.5, 0.6) is 0 Å². The molecule has 3 nitrogen and oxygen atoms in total. The fraction of sp³-hybridized carbons (Fsp3) is 0.462. The summed E-state index contributed by atoms with van der Waals surface area (Å²) in [5.74, 6) is 0.0332. The van der Waals surface area contributed by atoms with E-state index in [1.165, 1.54) is 0 Å². The zero-order valence-electron chi connectivity index (χ0n) is 10.3. The van der Waals surface area contributed by atoms with Gasteiger partial charge in [-0.15, -0.1) is 12.4 Å². The molecule has 0 heterocycles. The van der Waals surface area contributed by atoms with Gasteiger partial charge in [0, 0.05) is 17.0 Å². The van der Waals surface area contributed by atoms with Gasteiger partial charge in [0.2, 0.25) is 5.91 Å². The summed E-state index contributed by atoms with van der Waals surface area (Å²) in [5, 5.41) is 6.59. The molecule has 1 amide bonds. The summed E-state index contributed by atoms with van der Waals surface area (Å²) in [5.41, 5.74) is 1.23. The second kappa shape index (κ2) is 6.41. The molecule has 1 aliphatic carbocycles. The Morgan fingerprint density at radius 3 is 2.61 bits per heavy atom. The van der Waals surface area contributed by atoms with Crippen molar-refractivity contribution < 1.29 is 4.79 Å². The zero-order valence-corrected chi connectivity index (χ0v) is 11.9. The van der Waals surface area contributed by atoms with E-state index in [0.717, 1.165) is 23.4 Å². The molecule has 1 aromatic rings. The van der Waals surface area contributed by atoms with Crippen LogP contribution in [-0.2, 0) is 10.2 Å². The Kier molecular flexibility index (Phi) is 5.45. The van der Waals surface area contributed by atoms with Gasteiger partial charge in [-0.05, 0) is 31.5 Å². The molecular weight excluding hydrogens is 271 g/mol. The lowest BCUT2D eigenvalue weighted by molar-refractivity contribution is -0.120. The quantitative estimate of drug-likeness (QED) is 0.872. The van der Waals surface area contributed by atoms with E-state index in [-0.39, 0.29) is 23.7 Å². The molecule has 0 bridgehead atoms. The van der Waals surface area contributed by atoms with Crippen LogP contribution in [0.25, 0.3) is 0 Å². The van der Waals surface area contributed by atoms with E-state index in [2.05, 4.69) is 16.7 Å². The second-order valence-corrected chi connectivity index (χ2v) is 4.97.